The van der Waals surface area contributed by atoms with Gasteiger partial charge in [-0.1, -0.05) is 24.3 Å². The van der Waals surface area contributed by atoms with Crippen molar-refractivity contribution < 1.29 is 9.90 Å². The fourth-order valence-corrected chi connectivity index (χ4v) is 4.22. The molecule has 154 valence electrons. The van der Waals surface area contributed by atoms with Gasteiger partial charge in [-0.05, 0) is 74.3 Å². The quantitative estimate of drug-likeness (QED) is 0.534. The largest absolute Gasteiger partial charge is 0.481 e. The van der Waals surface area contributed by atoms with Crippen LogP contribution in [0, 0.1) is 12.8 Å². The van der Waals surface area contributed by atoms with Crippen LogP contribution < -0.4 is 5.32 Å². The summed E-state index contributed by atoms with van der Waals surface area (Å²) in [5.74, 6) is 0.198. The number of nitrogens with one attached hydrogen (secondary N) is 1. The Balaban J connectivity index is 1.37. The van der Waals surface area contributed by atoms with E-state index in [-0.39, 0.29) is 0 Å². The Hall–Kier alpha value is -3.21. The lowest BCUT2D eigenvalue weighted by atomic mass is 9.77. The van der Waals surface area contributed by atoms with Crippen molar-refractivity contribution in [2.75, 3.05) is 5.32 Å². The summed E-state index contributed by atoms with van der Waals surface area (Å²) in [6.07, 6.45) is 8.12. The molecule has 1 aromatic carbocycles. The molecule has 1 saturated carbocycles. The molecule has 2 aromatic heterocycles. The molecule has 5 nitrogen and oxygen atoms in total. The van der Waals surface area contributed by atoms with Gasteiger partial charge >= 0.3 is 5.97 Å². The van der Waals surface area contributed by atoms with E-state index in [9.17, 15) is 4.79 Å². The normalized spacial score (nSPS) is 18.7. The van der Waals surface area contributed by atoms with Gasteiger partial charge in [0, 0.05) is 17.7 Å². The van der Waals surface area contributed by atoms with Crippen LogP contribution in [0.25, 0.3) is 11.3 Å². The molecule has 1 fully saturated rings. The smallest absolute Gasteiger partial charge is 0.303 e. The second-order valence-electron chi connectivity index (χ2n) is 8.18. The van der Waals surface area contributed by atoms with E-state index >= 15 is 0 Å². The molecule has 2 heterocycles. The molecule has 0 aliphatic heterocycles. The second kappa shape index (κ2) is 9.08. The Morgan fingerprint density at radius 3 is 2.17 bits per heavy atom. The third kappa shape index (κ3) is 5.03. The van der Waals surface area contributed by atoms with Crippen molar-refractivity contribution in [1.82, 2.24) is 9.97 Å². The lowest BCUT2D eigenvalue weighted by molar-refractivity contribution is -0.138. The Kier molecular flexibility index (Phi) is 6.07. The number of nitrogens with zero attached hydrogens (tertiary/aromatic N) is 2. The third-order valence-electron chi connectivity index (χ3n) is 5.95. The molecule has 0 radical (unpaired) electrons. The second-order valence-corrected chi connectivity index (χ2v) is 8.18. The lowest BCUT2D eigenvalue weighted by Gasteiger charge is -2.28. The van der Waals surface area contributed by atoms with E-state index in [1.54, 1.807) is 0 Å². The van der Waals surface area contributed by atoms with Crippen LogP contribution in [0.15, 0.2) is 60.9 Å². The highest BCUT2D eigenvalue weighted by Gasteiger charge is 2.23. The first-order valence-corrected chi connectivity index (χ1v) is 10.5. The number of carboxylic acid groups (broad SMARTS) is 1. The zero-order chi connectivity index (χ0) is 20.9. The molecule has 1 aliphatic rings. The summed E-state index contributed by atoms with van der Waals surface area (Å²) < 4.78 is 0. The minimum absolute atomic E-state index is 0.308. The number of carbonyl (C=O) groups is 1. The Labute approximate surface area is 177 Å². The van der Waals surface area contributed by atoms with Crippen LogP contribution >= 0.6 is 0 Å². The highest BCUT2D eigenvalue weighted by atomic mass is 16.4. The third-order valence-corrected chi connectivity index (χ3v) is 5.95. The zero-order valence-corrected chi connectivity index (χ0v) is 17.2. The summed E-state index contributed by atoms with van der Waals surface area (Å²) in [5, 5.41) is 12.3. The Bertz CT molecular complexity index is 974. The maximum absolute atomic E-state index is 10.9. The minimum atomic E-state index is -0.674. The first-order chi connectivity index (χ1) is 14.6. The fraction of sp³-hybridized carbons (Fsp3) is 0.320. The summed E-state index contributed by atoms with van der Waals surface area (Å²) >= 11 is 0. The molecule has 30 heavy (non-hydrogen) atoms. The van der Waals surface area contributed by atoms with E-state index in [0.717, 1.165) is 54.0 Å². The summed E-state index contributed by atoms with van der Waals surface area (Å²) in [7, 11) is 0. The Morgan fingerprint density at radius 2 is 1.60 bits per heavy atom. The van der Waals surface area contributed by atoms with Crippen LogP contribution in [-0.2, 0) is 4.79 Å². The molecule has 0 amide bonds. The average molecular weight is 402 g/mol. The minimum Gasteiger partial charge on any atom is -0.481 e. The van der Waals surface area contributed by atoms with Gasteiger partial charge in [-0.15, -0.1) is 0 Å². The van der Waals surface area contributed by atoms with Crippen molar-refractivity contribution >= 4 is 17.3 Å². The SMILES string of the molecule is Cc1ccc(Nc2ccc(-c3ccc(C4CCC(CC(=O)O)CC4)cc3)nc2)cn1. The fourth-order valence-electron chi connectivity index (χ4n) is 4.22. The maximum atomic E-state index is 10.9. The number of anilines is 2. The van der Waals surface area contributed by atoms with Crippen molar-refractivity contribution in [3.05, 3.63) is 72.2 Å². The van der Waals surface area contributed by atoms with Crippen molar-refractivity contribution in [2.24, 2.45) is 5.92 Å². The zero-order valence-electron chi connectivity index (χ0n) is 17.2. The van der Waals surface area contributed by atoms with E-state index in [4.69, 9.17) is 5.11 Å². The molecule has 2 N–H and O–H groups in total. The maximum Gasteiger partial charge on any atom is 0.303 e. The number of rotatable bonds is 6. The summed E-state index contributed by atoms with van der Waals surface area (Å²) in [4.78, 5) is 19.8. The number of carboxylic acids is 1. The van der Waals surface area contributed by atoms with E-state index in [0.29, 0.717) is 18.3 Å². The first kappa shape index (κ1) is 20.1. The van der Waals surface area contributed by atoms with Crippen molar-refractivity contribution in [3.8, 4) is 11.3 Å². The number of aryl methyl sites for hydroxylation is 1. The van der Waals surface area contributed by atoms with Gasteiger partial charge in [-0.25, -0.2) is 0 Å². The summed E-state index contributed by atoms with van der Waals surface area (Å²) in [6.45, 7) is 1.97. The standard InChI is InChI=1S/C25H27N3O2/c1-17-2-11-22(15-26-17)28-23-12-13-24(27-16-23)21-9-7-20(8-10-21)19-5-3-18(4-6-19)14-25(29)30/h2,7-13,15-16,18-19,28H,3-6,14H2,1H3,(H,29,30). The highest BCUT2D eigenvalue weighted by molar-refractivity contribution is 5.67. The van der Waals surface area contributed by atoms with Crippen LogP contribution in [0.1, 0.15) is 49.3 Å². The van der Waals surface area contributed by atoms with Crippen molar-refractivity contribution in [2.45, 2.75) is 44.9 Å². The molecule has 1 aliphatic carbocycles. The number of aromatic nitrogens is 2. The van der Waals surface area contributed by atoms with Crippen LogP contribution in [0.2, 0.25) is 0 Å². The number of hydrogen-bond donors (Lipinski definition) is 2. The van der Waals surface area contributed by atoms with Gasteiger partial charge in [0.05, 0.1) is 29.5 Å². The van der Waals surface area contributed by atoms with Crippen molar-refractivity contribution in [1.29, 1.82) is 0 Å². The van der Waals surface area contributed by atoms with Gasteiger partial charge < -0.3 is 10.4 Å². The predicted octanol–water partition coefficient (Wildman–Crippen LogP) is 5.94. The van der Waals surface area contributed by atoms with Gasteiger partial charge in [0.25, 0.3) is 0 Å². The van der Waals surface area contributed by atoms with Gasteiger partial charge in [-0.3, -0.25) is 14.8 Å². The summed E-state index contributed by atoms with van der Waals surface area (Å²) in [6, 6.07) is 16.7. The van der Waals surface area contributed by atoms with Crippen LogP contribution in [0.4, 0.5) is 11.4 Å². The van der Waals surface area contributed by atoms with Crippen LogP contribution in [0.5, 0.6) is 0 Å². The predicted molar refractivity (Wildman–Crippen MR) is 119 cm³/mol. The van der Waals surface area contributed by atoms with Crippen molar-refractivity contribution in [3.63, 3.8) is 0 Å². The van der Waals surface area contributed by atoms with E-state index in [1.165, 1.54) is 5.56 Å². The van der Waals surface area contributed by atoms with E-state index in [2.05, 4.69) is 39.6 Å². The molecule has 5 heteroatoms. The topological polar surface area (TPSA) is 75.1 Å². The molecular formula is C25H27N3O2. The Morgan fingerprint density at radius 1 is 0.933 bits per heavy atom. The molecule has 0 atom stereocenters. The average Bonchev–Trinajstić information content (AvgIpc) is 2.76. The molecular weight excluding hydrogens is 374 g/mol. The molecule has 0 spiro atoms. The molecule has 0 unspecified atom stereocenters. The first-order valence-electron chi connectivity index (χ1n) is 10.5. The molecule has 4 rings (SSSR count). The van der Waals surface area contributed by atoms with E-state index < -0.39 is 5.97 Å². The lowest BCUT2D eigenvalue weighted by Crippen LogP contribution is -2.16. The van der Waals surface area contributed by atoms with Crippen LogP contribution in [-0.4, -0.2) is 21.0 Å². The molecule has 0 bridgehead atoms. The number of pyridine rings is 2. The number of benzene rings is 1. The van der Waals surface area contributed by atoms with Gasteiger partial charge in [0.2, 0.25) is 0 Å². The van der Waals surface area contributed by atoms with E-state index in [1.807, 2.05) is 43.6 Å². The van der Waals surface area contributed by atoms with Gasteiger partial charge in [0.1, 0.15) is 0 Å². The molecule has 0 saturated heterocycles. The number of hydrogen-bond acceptors (Lipinski definition) is 4. The highest BCUT2D eigenvalue weighted by Crippen LogP contribution is 2.37. The van der Waals surface area contributed by atoms with Crippen LogP contribution in [0.3, 0.4) is 0 Å². The summed E-state index contributed by atoms with van der Waals surface area (Å²) in [5.41, 5.74) is 6.25. The monoisotopic (exact) mass is 401 g/mol. The van der Waals surface area contributed by atoms with Gasteiger partial charge in [-0.2, -0.15) is 0 Å². The number of aliphatic carboxylic acids is 1. The molecule has 3 aromatic rings. The van der Waals surface area contributed by atoms with Gasteiger partial charge in [0.15, 0.2) is 0 Å².